The maximum Gasteiger partial charge on any atom is 0.125 e. The van der Waals surface area contributed by atoms with E-state index in [1.807, 2.05) is 13.0 Å². The quantitative estimate of drug-likeness (QED) is 0.834. The second-order valence-electron chi connectivity index (χ2n) is 4.82. The predicted octanol–water partition coefficient (Wildman–Crippen LogP) is 1.15. The van der Waals surface area contributed by atoms with Crippen molar-refractivity contribution < 1.29 is 4.74 Å². The Labute approximate surface area is 117 Å². The Balaban J connectivity index is 1.67. The van der Waals surface area contributed by atoms with E-state index in [9.17, 15) is 0 Å². The van der Waals surface area contributed by atoms with Crippen LogP contribution in [0.3, 0.4) is 0 Å². The minimum absolute atomic E-state index is 0.00196. The lowest BCUT2D eigenvalue weighted by Gasteiger charge is -2.32. The summed E-state index contributed by atoms with van der Waals surface area (Å²) in [6.07, 6.45) is 7.00. The molecule has 1 aliphatic rings. The van der Waals surface area contributed by atoms with E-state index in [0.717, 1.165) is 36.8 Å². The molecule has 6 nitrogen and oxygen atoms in total. The number of hydrogen-bond acceptors (Lipinski definition) is 6. The average molecular weight is 271 g/mol. The molecule has 1 fully saturated rings. The standard InChI is InChI=1S/C14H17N5O/c1-11-16-3-2-13(18-11)14-10-19(6-7-20-14)9-12-8-15-4-5-17-12/h2-5,8,14H,6-7,9-10H2,1H3/t14-/m1/s1. The van der Waals surface area contributed by atoms with Crippen LogP contribution < -0.4 is 0 Å². The van der Waals surface area contributed by atoms with Crippen LogP contribution in [-0.4, -0.2) is 44.5 Å². The molecule has 1 atom stereocenters. The molecule has 0 N–H and O–H groups in total. The van der Waals surface area contributed by atoms with E-state index in [1.165, 1.54) is 0 Å². The van der Waals surface area contributed by atoms with Crippen LogP contribution >= 0.6 is 0 Å². The minimum Gasteiger partial charge on any atom is -0.369 e. The molecule has 0 aromatic carbocycles. The normalized spacial score (nSPS) is 19.9. The number of ether oxygens (including phenoxy) is 1. The molecular formula is C14H17N5O. The molecule has 0 bridgehead atoms. The predicted molar refractivity (Wildman–Crippen MR) is 72.8 cm³/mol. The van der Waals surface area contributed by atoms with E-state index in [4.69, 9.17) is 4.74 Å². The zero-order chi connectivity index (χ0) is 13.8. The van der Waals surface area contributed by atoms with Crippen molar-refractivity contribution in [3.63, 3.8) is 0 Å². The number of morpholine rings is 1. The Kier molecular flexibility index (Phi) is 3.94. The van der Waals surface area contributed by atoms with Crippen molar-refractivity contribution in [2.24, 2.45) is 0 Å². The zero-order valence-corrected chi connectivity index (χ0v) is 11.4. The third-order valence-electron chi connectivity index (χ3n) is 3.28. The van der Waals surface area contributed by atoms with Gasteiger partial charge in [-0.25, -0.2) is 9.97 Å². The summed E-state index contributed by atoms with van der Waals surface area (Å²) < 4.78 is 5.82. The lowest BCUT2D eigenvalue weighted by Crippen LogP contribution is -2.38. The first-order valence-electron chi connectivity index (χ1n) is 6.69. The van der Waals surface area contributed by atoms with Crippen molar-refractivity contribution in [2.45, 2.75) is 19.6 Å². The van der Waals surface area contributed by atoms with Gasteiger partial charge in [0.15, 0.2) is 0 Å². The second-order valence-corrected chi connectivity index (χ2v) is 4.82. The Morgan fingerprint density at radius 2 is 2.25 bits per heavy atom. The summed E-state index contributed by atoms with van der Waals surface area (Å²) >= 11 is 0. The summed E-state index contributed by atoms with van der Waals surface area (Å²) in [6.45, 7) is 5.10. The molecule has 0 saturated carbocycles. The lowest BCUT2D eigenvalue weighted by molar-refractivity contribution is -0.0355. The summed E-state index contributed by atoms with van der Waals surface area (Å²) in [5, 5.41) is 0. The molecule has 0 amide bonds. The molecule has 1 aliphatic heterocycles. The van der Waals surface area contributed by atoms with Crippen molar-refractivity contribution in [2.75, 3.05) is 19.7 Å². The molecule has 2 aromatic heterocycles. The van der Waals surface area contributed by atoms with Crippen molar-refractivity contribution in [3.8, 4) is 0 Å². The molecule has 1 saturated heterocycles. The number of nitrogens with zero attached hydrogens (tertiary/aromatic N) is 5. The molecule has 0 spiro atoms. The van der Waals surface area contributed by atoms with E-state index in [0.29, 0.717) is 6.61 Å². The van der Waals surface area contributed by atoms with Gasteiger partial charge in [-0.1, -0.05) is 0 Å². The molecule has 0 radical (unpaired) electrons. The van der Waals surface area contributed by atoms with Crippen molar-refractivity contribution >= 4 is 0 Å². The van der Waals surface area contributed by atoms with Crippen LogP contribution in [0.5, 0.6) is 0 Å². The van der Waals surface area contributed by atoms with E-state index in [1.54, 1.807) is 24.8 Å². The summed E-state index contributed by atoms with van der Waals surface area (Å²) in [6, 6.07) is 1.92. The summed E-state index contributed by atoms with van der Waals surface area (Å²) in [5.74, 6) is 0.775. The van der Waals surface area contributed by atoms with Gasteiger partial charge in [0.05, 0.1) is 18.0 Å². The fraction of sp³-hybridized carbons (Fsp3) is 0.429. The van der Waals surface area contributed by atoms with Crippen LogP contribution in [0, 0.1) is 6.92 Å². The summed E-state index contributed by atoms with van der Waals surface area (Å²) in [4.78, 5) is 19.3. The smallest absolute Gasteiger partial charge is 0.125 e. The van der Waals surface area contributed by atoms with Crippen LogP contribution in [-0.2, 0) is 11.3 Å². The van der Waals surface area contributed by atoms with Gasteiger partial charge >= 0.3 is 0 Å². The Morgan fingerprint density at radius 1 is 1.30 bits per heavy atom. The van der Waals surface area contributed by atoms with Crippen LogP contribution in [0.2, 0.25) is 0 Å². The molecule has 3 rings (SSSR count). The van der Waals surface area contributed by atoms with Gasteiger partial charge in [0, 0.05) is 44.4 Å². The highest BCUT2D eigenvalue weighted by Gasteiger charge is 2.23. The number of rotatable bonds is 3. The van der Waals surface area contributed by atoms with Gasteiger partial charge in [0.2, 0.25) is 0 Å². The maximum absolute atomic E-state index is 5.82. The Morgan fingerprint density at radius 3 is 3.05 bits per heavy atom. The topological polar surface area (TPSA) is 64.0 Å². The van der Waals surface area contributed by atoms with Crippen LogP contribution in [0.15, 0.2) is 30.9 Å². The SMILES string of the molecule is Cc1nccc([C@H]2CN(Cc3cnccn3)CCO2)n1. The molecule has 0 aliphatic carbocycles. The molecule has 6 heteroatoms. The number of aromatic nitrogens is 4. The van der Waals surface area contributed by atoms with E-state index in [-0.39, 0.29) is 6.10 Å². The number of aryl methyl sites for hydroxylation is 1. The highest BCUT2D eigenvalue weighted by molar-refractivity contribution is 5.07. The molecular weight excluding hydrogens is 254 g/mol. The first-order valence-corrected chi connectivity index (χ1v) is 6.69. The third-order valence-corrected chi connectivity index (χ3v) is 3.28. The largest absolute Gasteiger partial charge is 0.369 e. The summed E-state index contributed by atoms with van der Waals surface area (Å²) in [5.41, 5.74) is 1.92. The lowest BCUT2D eigenvalue weighted by atomic mass is 10.2. The first-order chi connectivity index (χ1) is 9.81. The molecule has 20 heavy (non-hydrogen) atoms. The molecule has 3 heterocycles. The molecule has 0 unspecified atom stereocenters. The minimum atomic E-state index is 0.00196. The Hall–Kier alpha value is -1.92. The average Bonchev–Trinajstić information content (AvgIpc) is 2.49. The zero-order valence-electron chi connectivity index (χ0n) is 11.4. The third kappa shape index (κ3) is 3.15. The van der Waals surface area contributed by atoms with Gasteiger partial charge in [-0.2, -0.15) is 0 Å². The van der Waals surface area contributed by atoms with Gasteiger partial charge < -0.3 is 4.74 Å². The fourth-order valence-electron chi connectivity index (χ4n) is 2.32. The van der Waals surface area contributed by atoms with E-state index in [2.05, 4.69) is 24.8 Å². The van der Waals surface area contributed by atoms with E-state index >= 15 is 0 Å². The first kappa shape index (κ1) is 13.1. The number of hydrogen-bond donors (Lipinski definition) is 0. The van der Waals surface area contributed by atoms with Gasteiger partial charge in [-0.05, 0) is 13.0 Å². The molecule has 2 aromatic rings. The summed E-state index contributed by atoms with van der Waals surface area (Å²) in [7, 11) is 0. The molecule has 104 valence electrons. The van der Waals surface area contributed by atoms with Crippen molar-refractivity contribution in [1.29, 1.82) is 0 Å². The van der Waals surface area contributed by atoms with Gasteiger partial charge in [-0.3, -0.25) is 14.9 Å². The van der Waals surface area contributed by atoms with Gasteiger partial charge in [0.1, 0.15) is 11.9 Å². The van der Waals surface area contributed by atoms with Crippen LogP contribution in [0.1, 0.15) is 23.3 Å². The fourth-order valence-corrected chi connectivity index (χ4v) is 2.32. The van der Waals surface area contributed by atoms with E-state index < -0.39 is 0 Å². The highest BCUT2D eigenvalue weighted by atomic mass is 16.5. The monoisotopic (exact) mass is 271 g/mol. The highest BCUT2D eigenvalue weighted by Crippen LogP contribution is 2.21. The van der Waals surface area contributed by atoms with Crippen LogP contribution in [0.4, 0.5) is 0 Å². The van der Waals surface area contributed by atoms with Gasteiger partial charge in [0.25, 0.3) is 0 Å². The maximum atomic E-state index is 5.82. The van der Waals surface area contributed by atoms with Crippen molar-refractivity contribution in [3.05, 3.63) is 48.1 Å². The van der Waals surface area contributed by atoms with Crippen molar-refractivity contribution in [1.82, 2.24) is 24.8 Å². The Bertz CT molecular complexity index is 563. The second kappa shape index (κ2) is 6.02. The van der Waals surface area contributed by atoms with Crippen LogP contribution in [0.25, 0.3) is 0 Å². The van der Waals surface area contributed by atoms with Gasteiger partial charge in [-0.15, -0.1) is 0 Å².